The summed E-state index contributed by atoms with van der Waals surface area (Å²) >= 11 is 0. The molecule has 5 nitrogen and oxygen atoms in total. The van der Waals surface area contributed by atoms with Gasteiger partial charge in [0.2, 0.25) is 5.91 Å². The van der Waals surface area contributed by atoms with Gasteiger partial charge in [0, 0.05) is 31.2 Å². The van der Waals surface area contributed by atoms with Crippen molar-refractivity contribution in [1.29, 1.82) is 0 Å². The summed E-state index contributed by atoms with van der Waals surface area (Å²) in [5.41, 5.74) is 2.09. The Labute approximate surface area is 158 Å². The third-order valence-corrected chi connectivity index (χ3v) is 4.88. The molecule has 3 rings (SSSR count). The van der Waals surface area contributed by atoms with Crippen LogP contribution in [0.25, 0.3) is 0 Å². The van der Waals surface area contributed by atoms with Gasteiger partial charge in [0.15, 0.2) is 0 Å². The number of carbonyl (C=O) groups excluding carboxylic acids is 2. The van der Waals surface area contributed by atoms with Crippen LogP contribution in [0, 0.1) is 18.7 Å². The molecule has 27 heavy (non-hydrogen) atoms. The molecule has 0 atom stereocenters. The summed E-state index contributed by atoms with van der Waals surface area (Å²) in [7, 11) is 0. The molecular formula is C21H24FN3O2. The number of nitrogens with one attached hydrogen (secondary N) is 2. The predicted octanol–water partition coefficient (Wildman–Crippen LogP) is 3.69. The second-order valence-corrected chi connectivity index (χ2v) is 6.86. The SMILES string of the molecule is Cc1ccc(CNC(=O)C2CCN(C(=O)Nc3ccccc3)CC2)cc1F. The molecule has 0 unspecified atom stereocenters. The number of urea groups is 1. The number of aryl methyl sites for hydroxylation is 1. The molecule has 6 heteroatoms. The van der Waals surface area contributed by atoms with Crippen molar-refractivity contribution in [3.63, 3.8) is 0 Å². The minimum Gasteiger partial charge on any atom is -0.352 e. The second kappa shape index (κ2) is 8.66. The molecule has 142 valence electrons. The predicted molar refractivity (Wildman–Crippen MR) is 103 cm³/mol. The van der Waals surface area contributed by atoms with Crippen LogP contribution in [-0.4, -0.2) is 29.9 Å². The number of anilines is 1. The first-order valence-electron chi connectivity index (χ1n) is 9.16. The van der Waals surface area contributed by atoms with E-state index in [-0.39, 0.29) is 23.7 Å². The van der Waals surface area contributed by atoms with Crippen LogP contribution in [0.4, 0.5) is 14.9 Å². The fourth-order valence-electron chi connectivity index (χ4n) is 3.15. The van der Waals surface area contributed by atoms with Crippen molar-refractivity contribution < 1.29 is 14.0 Å². The van der Waals surface area contributed by atoms with Gasteiger partial charge in [0.25, 0.3) is 0 Å². The Morgan fingerprint density at radius 1 is 1.11 bits per heavy atom. The molecule has 0 aliphatic carbocycles. The van der Waals surface area contributed by atoms with Crippen molar-refractivity contribution in [2.24, 2.45) is 5.92 Å². The Kier molecular flexibility index (Phi) is 6.06. The monoisotopic (exact) mass is 369 g/mol. The largest absolute Gasteiger partial charge is 0.352 e. The van der Waals surface area contributed by atoms with E-state index in [4.69, 9.17) is 0 Å². The molecule has 0 aromatic heterocycles. The molecule has 1 saturated heterocycles. The van der Waals surface area contributed by atoms with Crippen LogP contribution in [0.5, 0.6) is 0 Å². The van der Waals surface area contributed by atoms with Gasteiger partial charge in [-0.15, -0.1) is 0 Å². The average Bonchev–Trinajstić information content (AvgIpc) is 2.69. The first kappa shape index (κ1) is 18.9. The van der Waals surface area contributed by atoms with Crippen LogP contribution < -0.4 is 10.6 Å². The van der Waals surface area contributed by atoms with Crippen molar-refractivity contribution in [3.05, 3.63) is 65.5 Å². The summed E-state index contributed by atoms with van der Waals surface area (Å²) in [5.74, 6) is -0.431. The highest BCUT2D eigenvalue weighted by molar-refractivity contribution is 5.89. The topological polar surface area (TPSA) is 61.4 Å². The number of para-hydroxylation sites is 1. The van der Waals surface area contributed by atoms with E-state index in [1.54, 1.807) is 17.9 Å². The number of benzene rings is 2. The maximum absolute atomic E-state index is 13.6. The number of hydrogen-bond acceptors (Lipinski definition) is 2. The van der Waals surface area contributed by atoms with Gasteiger partial charge in [-0.05, 0) is 49.1 Å². The van der Waals surface area contributed by atoms with E-state index in [1.807, 2.05) is 36.4 Å². The molecule has 1 fully saturated rings. The molecule has 2 aromatic carbocycles. The zero-order valence-electron chi connectivity index (χ0n) is 15.4. The van der Waals surface area contributed by atoms with Crippen LogP contribution in [0.15, 0.2) is 48.5 Å². The van der Waals surface area contributed by atoms with Gasteiger partial charge in [-0.25, -0.2) is 9.18 Å². The normalized spacial score (nSPS) is 14.7. The molecular weight excluding hydrogens is 345 g/mol. The molecule has 0 radical (unpaired) electrons. The van der Waals surface area contributed by atoms with Gasteiger partial charge < -0.3 is 15.5 Å². The van der Waals surface area contributed by atoms with Crippen molar-refractivity contribution in [1.82, 2.24) is 10.2 Å². The molecule has 2 N–H and O–H groups in total. The molecule has 1 heterocycles. The molecule has 3 amide bonds. The van der Waals surface area contributed by atoms with E-state index < -0.39 is 0 Å². The molecule has 1 aliphatic heterocycles. The third kappa shape index (κ3) is 5.06. The summed E-state index contributed by atoms with van der Waals surface area (Å²) in [6.07, 6.45) is 1.24. The number of piperidine rings is 1. The van der Waals surface area contributed by atoms with E-state index in [0.29, 0.717) is 38.0 Å². The zero-order chi connectivity index (χ0) is 19.2. The molecule has 0 spiro atoms. The number of nitrogens with zero attached hydrogens (tertiary/aromatic N) is 1. The number of halogens is 1. The number of amides is 3. The second-order valence-electron chi connectivity index (χ2n) is 6.86. The summed E-state index contributed by atoms with van der Waals surface area (Å²) in [5, 5.41) is 5.74. The smallest absolute Gasteiger partial charge is 0.321 e. The Morgan fingerprint density at radius 3 is 2.48 bits per heavy atom. The lowest BCUT2D eigenvalue weighted by Crippen LogP contribution is -2.44. The van der Waals surface area contributed by atoms with Crippen molar-refractivity contribution in [2.75, 3.05) is 18.4 Å². The Hall–Kier alpha value is -2.89. The van der Waals surface area contributed by atoms with Crippen LogP contribution in [0.1, 0.15) is 24.0 Å². The summed E-state index contributed by atoms with van der Waals surface area (Å²) in [6.45, 7) is 3.09. The number of rotatable bonds is 4. The quantitative estimate of drug-likeness (QED) is 0.863. The van der Waals surface area contributed by atoms with Crippen molar-refractivity contribution >= 4 is 17.6 Å². The van der Waals surface area contributed by atoms with E-state index >= 15 is 0 Å². The van der Waals surface area contributed by atoms with Gasteiger partial charge in [0.1, 0.15) is 5.82 Å². The molecule has 0 bridgehead atoms. The Balaban J connectivity index is 1.44. The number of hydrogen-bond donors (Lipinski definition) is 2. The fraction of sp³-hybridized carbons (Fsp3) is 0.333. The highest BCUT2D eigenvalue weighted by Crippen LogP contribution is 2.19. The van der Waals surface area contributed by atoms with Gasteiger partial charge in [0.05, 0.1) is 0 Å². The van der Waals surface area contributed by atoms with Crippen molar-refractivity contribution in [2.45, 2.75) is 26.3 Å². The molecule has 2 aromatic rings. The van der Waals surface area contributed by atoms with Gasteiger partial charge in [-0.2, -0.15) is 0 Å². The minimum atomic E-state index is -0.264. The highest BCUT2D eigenvalue weighted by Gasteiger charge is 2.27. The summed E-state index contributed by atoms with van der Waals surface area (Å²) < 4.78 is 13.6. The maximum atomic E-state index is 13.6. The lowest BCUT2D eigenvalue weighted by Gasteiger charge is -2.31. The minimum absolute atomic E-state index is 0.0425. The van der Waals surface area contributed by atoms with Crippen LogP contribution in [-0.2, 0) is 11.3 Å². The lowest BCUT2D eigenvalue weighted by molar-refractivity contribution is -0.126. The molecule has 0 saturated carbocycles. The first-order chi connectivity index (χ1) is 13.0. The Bertz CT molecular complexity index is 802. The molecule has 1 aliphatic rings. The van der Waals surface area contributed by atoms with E-state index in [2.05, 4.69) is 10.6 Å². The summed E-state index contributed by atoms with van der Waals surface area (Å²) in [6, 6.07) is 14.1. The van der Waals surface area contributed by atoms with Crippen molar-refractivity contribution in [3.8, 4) is 0 Å². The van der Waals surface area contributed by atoms with E-state index in [9.17, 15) is 14.0 Å². The van der Waals surface area contributed by atoms with Gasteiger partial charge in [-0.3, -0.25) is 4.79 Å². The Morgan fingerprint density at radius 2 is 1.81 bits per heavy atom. The van der Waals surface area contributed by atoms with Crippen LogP contribution >= 0.6 is 0 Å². The average molecular weight is 369 g/mol. The lowest BCUT2D eigenvalue weighted by atomic mass is 9.96. The standard InChI is InChI=1S/C21H24FN3O2/c1-15-7-8-16(13-19(15)22)14-23-20(26)17-9-11-25(12-10-17)21(27)24-18-5-3-2-4-6-18/h2-8,13,17H,9-12,14H2,1H3,(H,23,26)(H,24,27). The van der Waals surface area contributed by atoms with E-state index in [0.717, 1.165) is 11.3 Å². The third-order valence-electron chi connectivity index (χ3n) is 4.88. The number of likely N-dealkylation sites (tertiary alicyclic amines) is 1. The zero-order valence-corrected chi connectivity index (χ0v) is 15.4. The number of carbonyl (C=O) groups is 2. The first-order valence-corrected chi connectivity index (χ1v) is 9.16. The van der Waals surface area contributed by atoms with Gasteiger partial charge in [-0.1, -0.05) is 30.3 Å². The van der Waals surface area contributed by atoms with Crippen LogP contribution in [0.3, 0.4) is 0 Å². The van der Waals surface area contributed by atoms with Gasteiger partial charge >= 0.3 is 6.03 Å². The highest BCUT2D eigenvalue weighted by atomic mass is 19.1. The van der Waals surface area contributed by atoms with E-state index in [1.165, 1.54) is 6.07 Å². The fourth-order valence-corrected chi connectivity index (χ4v) is 3.15. The summed E-state index contributed by atoms with van der Waals surface area (Å²) in [4.78, 5) is 26.4. The maximum Gasteiger partial charge on any atom is 0.321 e. The van der Waals surface area contributed by atoms with Crippen LogP contribution in [0.2, 0.25) is 0 Å².